The van der Waals surface area contributed by atoms with Gasteiger partial charge in [0.1, 0.15) is 24.8 Å². The summed E-state index contributed by atoms with van der Waals surface area (Å²) in [6.45, 7) is 5.16. The lowest BCUT2D eigenvalue weighted by Crippen LogP contribution is -2.29. The number of halogens is 1. The zero-order valence-electron chi connectivity index (χ0n) is 24.3. The molecule has 2 aliphatic rings. The lowest BCUT2D eigenvalue weighted by molar-refractivity contribution is -0.132. The van der Waals surface area contributed by atoms with Gasteiger partial charge >= 0.3 is 5.91 Å². The van der Waals surface area contributed by atoms with E-state index in [9.17, 15) is 19.1 Å². The first-order valence-electron chi connectivity index (χ1n) is 14.2. The molecule has 0 radical (unpaired) electrons. The van der Waals surface area contributed by atoms with Crippen molar-refractivity contribution in [2.45, 2.75) is 30.0 Å². The Hall–Kier alpha value is -4.62. The number of Topliss-reactive ketones (excluding diaryl/α,β-unsaturated/α-hetero) is 1. The number of hydrogen-bond acceptors (Lipinski definition) is 11. The van der Waals surface area contributed by atoms with Gasteiger partial charge in [0.15, 0.2) is 27.3 Å². The van der Waals surface area contributed by atoms with E-state index in [1.165, 1.54) is 22.7 Å². The molecule has 4 aromatic rings. The molecule has 1 amide bonds. The number of amides is 1. The van der Waals surface area contributed by atoms with Crippen LogP contribution >= 0.6 is 23.1 Å². The molecule has 3 heterocycles. The number of hydrogen-bond donors (Lipinski definition) is 1. The van der Waals surface area contributed by atoms with Crippen molar-refractivity contribution in [1.29, 1.82) is 0 Å². The Kier molecular flexibility index (Phi) is 8.90. The second-order valence-corrected chi connectivity index (χ2v) is 12.0. The second-order valence-electron chi connectivity index (χ2n) is 9.83. The van der Waals surface area contributed by atoms with Crippen LogP contribution < -0.4 is 23.8 Å². The topological polar surface area (TPSA) is 120 Å². The molecule has 1 fully saturated rings. The van der Waals surface area contributed by atoms with Crippen molar-refractivity contribution < 1.29 is 38.0 Å². The third kappa shape index (κ3) is 6.05. The zero-order chi connectivity index (χ0) is 31.5. The molecule has 0 spiro atoms. The van der Waals surface area contributed by atoms with E-state index in [4.69, 9.17) is 18.9 Å². The van der Waals surface area contributed by atoms with Crippen LogP contribution in [0, 0.1) is 5.82 Å². The number of ether oxygens (including phenoxy) is 4. The highest BCUT2D eigenvalue weighted by Crippen LogP contribution is 2.46. The van der Waals surface area contributed by atoms with Gasteiger partial charge in [-0.1, -0.05) is 47.4 Å². The van der Waals surface area contributed by atoms with Crippen molar-refractivity contribution in [1.82, 2.24) is 10.2 Å². The highest BCUT2D eigenvalue weighted by atomic mass is 32.2. The summed E-state index contributed by atoms with van der Waals surface area (Å²) in [6.07, 6.45) is 0. The summed E-state index contributed by atoms with van der Waals surface area (Å²) in [6, 6.07) is 15.3. The zero-order valence-corrected chi connectivity index (χ0v) is 26.0. The molecule has 6 rings (SSSR count). The van der Waals surface area contributed by atoms with Crippen LogP contribution in [-0.2, 0) is 15.3 Å². The van der Waals surface area contributed by atoms with E-state index in [0.717, 1.165) is 11.3 Å². The molecule has 1 N–H and O–H groups in total. The van der Waals surface area contributed by atoms with Crippen molar-refractivity contribution in [3.8, 4) is 23.0 Å². The molecule has 3 aromatic carbocycles. The van der Waals surface area contributed by atoms with Gasteiger partial charge in [0, 0.05) is 11.3 Å². The number of aliphatic hydroxyl groups is 1. The number of anilines is 1. The Balaban J connectivity index is 1.43. The average Bonchev–Trinajstić information content (AvgIpc) is 3.62. The monoisotopic (exact) mass is 649 g/mol. The van der Waals surface area contributed by atoms with Crippen molar-refractivity contribution in [2.24, 2.45) is 0 Å². The summed E-state index contributed by atoms with van der Waals surface area (Å²) in [7, 11) is 0. The molecule has 1 atom stereocenters. The fourth-order valence-corrected chi connectivity index (χ4v) is 6.90. The van der Waals surface area contributed by atoms with Crippen LogP contribution in [0.4, 0.5) is 9.52 Å². The van der Waals surface area contributed by atoms with Crippen LogP contribution in [0.3, 0.4) is 0 Å². The number of nitrogens with zero attached hydrogens (tertiary/aromatic N) is 3. The molecular formula is C32H28FN3O7S2. The highest BCUT2D eigenvalue weighted by Gasteiger charge is 2.48. The first-order valence-corrected chi connectivity index (χ1v) is 16.0. The maximum Gasteiger partial charge on any atom is 0.301 e. The predicted octanol–water partition coefficient (Wildman–Crippen LogP) is 6.16. The number of benzene rings is 3. The van der Waals surface area contributed by atoms with Crippen molar-refractivity contribution in [3.63, 3.8) is 0 Å². The molecule has 45 heavy (non-hydrogen) atoms. The smallest absolute Gasteiger partial charge is 0.301 e. The number of aromatic nitrogens is 2. The maximum absolute atomic E-state index is 14.2. The van der Waals surface area contributed by atoms with Gasteiger partial charge in [0.25, 0.3) is 5.78 Å². The summed E-state index contributed by atoms with van der Waals surface area (Å²) in [5, 5.41) is 20.2. The third-order valence-electron chi connectivity index (χ3n) is 7.05. The summed E-state index contributed by atoms with van der Waals surface area (Å²) < 4.78 is 37.5. The van der Waals surface area contributed by atoms with Crippen LogP contribution in [0.2, 0.25) is 0 Å². The van der Waals surface area contributed by atoms with Gasteiger partial charge in [0.2, 0.25) is 5.13 Å². The van der Waals surface area contributed by atoms with E-state index in [0.29, 0.717) is 70.6 Å². The lowest BCUT2D eigenvalue weighted by atomic mass is 9.95. The Morgan fingerprint density at radius 2 is 1.76 bits per heavy atom. The lowest BCUT2D eigenvalue weighted by Gasteiger charge is -2.24. The summed E-state index contributed by atoms with van der Waals surface area (Å²) >= 11 is 2.35. The Bertz CT molecular complexity index is 1790. The number of thioether (sulfide) groups is 1. The number of carbonyl (C=O) groups is 2. The fraction of sp³-hybridized carbons (Fsp3) is 0.250. The maximum atomic E-state index is 14.2. The summed E-state index contributed by atoms with van der Waals surface area (Å²) in [5.41, 5.74) is 1.11. The van der Waals surface area contributed by atoms with Crippen LogP contribution in [0.25, 0.3) is 5.76 Å². The molecule has 10 nitrogen and oxygen atoms in total. The van der Waals surface area contributed by atoms with Crippen molar-refractivity contribution in [3.05, 3.63) is 88.7 Å². The predicted molar refractivity (Wildman–Crippen MR) is 167 cm³/mol. The molecule has 0 bridgehead atoms. The molecule has 1 unspecified atom stereocenters. The standard InChI is InChI=1S/C32H28FN3O7S2/c1-3-40-22-11-9-18(15-24(22)41-4-2)27-26(28(37)19-10-12-23-25(16-19)43-14-13-42-23)29(38)30(39)36(27)31-34-35-32(45-31)44-17-20-7-5-6-8-21(20)33/h5-12,15-16,27,37H,3-4,13-14,17H2,1-2H3/b28-26+. The van der Waals surface area contributed by atoms with Crippen LogP contribution in [0.15, 0.2) is 70.6 Å². The third-order valence-corrected chi connectivity index (χ3v) is 9.16. The van der Waals surface area contributed by atoms with Gasteiger partial charge < -0.3 is 24.1 Å². The van der Waals surface area contributed by atoms with Crippen LogP contribution in [0.5, 0.6) is 23.0 Å². The Labute approximate surface area is 266 Å². The fourth-order valence-electron chi connectivity index (χ4n) is 5.04. The molecule has 232 valence electrons. The molecule has 0 saturated carbocycles. The van der Waals surface area contributed by atoms with E-state index in [-0.39, 0.29) is 27.8 Å². The van der Waals surface area contributed by atoms with E-state index >= 15 is 0 Å². The quantitative estimate of drug-likeness (QED) is 0.0703. The molecule has 13 heteroatoms. The number of carbonyl (C=O) groups excluding carboxylic acids is 2. The number of rotatable bonds is 10. The summed E-state index contributed by atoms with van der Waals surface area (Å²) in [5.74, 6) is -0.362. The first-order chi connectivity index (χ1) is 21.9. The van der Waals surface area contributed by atoms with E-state index in [1.807, 2.05) is 13.8 Å². The number of aliphatic hydroxyl groups excluding tert-OH is 1. The summed E-state index contributed by atoms with van der Waals surface area (Å²) in [4.78, 5) is 28.6. The van der Waals surface area contributed by atoms with Gasteiger partial charge in [-0.15, -0.1) is 10.2 Å². The van der Waals surface area contributed by atoms with E-state index in [1.54, 1.807) is 54.6 Å². The van der Waals surface area contributed by atoms with Gasteiger partial charge in [0.05, 0.1) is 24.8 Å². The Morgan fingerprint density at radius 3 is 2.53 bits per heavy atom. The molecule has 1 aromatic heterocycles. The highest BCUT2D eigenvalue weighted by molar-refractivity contribution is 8.00. The van der Waals surface area contributed by atoms with Gasteiger partial charge in [-0.25, -0.2) is 4.39 Å². The molecule has 0 aliphatic carbocycles. The Morgan fingerprint density at radius 1 is 1.00 bits per heavy atom. The van der Waals surface area contributed by atoms with E-state index in [2.05, 4.69) is 10.2 Å². The minimum atomic E-state index is -1.08. The minimum Gasteiger partial charge on any atom is -0.507 e. The van der Waals surface area contributed by atoms with Gasteiger partial charge in [-0.05, 0) is 61.4 Å². The normalized spacial score (nSPS) is 17.0. The van der Waals surface area contributed by atoms with Gasteiger partial charge in [-0.3, -0.25) is 14.5 Å². The van der Waals surface area contributed by atoms with Crippen LogP contribution in [0.1, 0.15) is 36.6 Å². The second kappa shape index (κ2) is 13.2. The van der Waals surface area contributed by atoms with Gasteiger partial charge in [-0.2, -0.15) is 0 Å². The first kappa shape index (κ1) is 30.4. The molecule has 1 saturated heterocycles. The largest absolute Gasteiger partial charge is 0.507 e. The molecule has 2 aliphatic heterocycles. The van der Waals surface area contributed by atoms with Crippen LogP contribution in [-0.4, -0.2) is 53.4 Å². The van der Waals surface area contributed by atoms with E-state index < -0.39 is 17.7 Å². The van der Waals surface area contributed by atoms with Crippen molar-refractivity contribution >= 4 is 45.7 Å². The number of fused-ring (bicyclic) bond motifs is 1. The SMILES string of the molecule is CCOc1ccc(C2/C(=C(\O)c3ccc4c(c3)OCCO4)C(=O)C(=O)N2c2nnc(SCc3ccccc3F)s2)cc1OCC. The molecular weight excluding hydrogens is 621 g/mol. The number of ketones is 1. The average molecular weight is 650 g/mol. The minimum absolute atomic E-state index is 0.140. The van der Waals surface area contributed by atoms with Crippen molar-refractivity contribution in [2.75, 3.05) is 31.3 Å².